The van der Waals surface area contributed by atoms with Gasteiger partial charge in [0.25, 0.3) is 0 Å². The van der Waals surface area contributed by atoms with E-state index in [1.807, 2.05) is 4.90 Å². The van der Waals surface area contributed by atoms with Crippen LogP contribution in [0.5, 0.6) is 0 Å². The van der Waals surface area contributed by atoms with Gasteiger partial charge in [-0.3, -0.25) is 9.69 Å². The van der Waals surface area contributed by atoms with Crippen molar-refractivity contribution in [2.75, 3.05) is 26.2 Å². The number of hydrogen-bond donors (Lipinski definition) is 1. The van der Waals surface area contributed by atoms with Crippen LogP contribution in [0.3, 0.4) is 0 Å². The number of alkyl halides is 6. The Morgan fingerprint density at radius 3 is 2.12 bits per heavy atom. The summed E-state index contributed by atoms with van der Waals surface area (Å²) in [5.74, 6) is -0.841. The van der Waals surface area contributed by atoms with Gasteiger partial charge in [-0.1, -0.05) is 12.1 Å². The molecular formula is C20H21F6N3O2S. The lowest BCUT2D eigenvalue weighted by Crippen LogP contribution is -2.52. The molecule has 1 aromatic carbocycles. The molecule has 1 N–H and O–H groups in total. The second-order valence-corrected chi connectivity index (χ2v) is 8.54. The summed E-state index contributed by atoms with van der Waals surface area (Å²) < 4.78 is 78.8. The van der Waals surface area contributed by atoms with Crippen LogP contribution < -0.4 is 0 Å². The van der Waals surface area contributed by atoms with Crippen LogP contribution in [-0.2, 0) is 23.1 Å². The summed E-state index contributed by atoms with van der Waals surface area (Å²) in [5, 5.41) is 11.1. The molecule has 0 aliphatic carbocycles. The third kappa shape index (κ3) is 5.41. The van der Waals surface area contributed by atoms with Crippen molar-refractivity contribution in [2.45, 2.75) is 37.8 Å². The molecule has 1 aromatic heterocycles. The number of hydrogen-bond acceptors (Lipinski definition) is 5. The molecule has 3 rings (SSSR count). The van der Waals surface area contributed by atoms with Gasteiger partial charge in [-0.15, -0.1) is 11.3 Å². The molecule has 0 saturated carbocycles. The molecule has 5 nitrogen and oxygen atoms in total. The van der Waals surface area contributed by atoms with Gasteiger partial charge in [0.1, 0.15) is 5.01 Å². The maximum absolute atomic E-state index is 13.6. The molecule has 0 spiro atoms. The van der Waals surface area contributed by atoms with Gasteiger partial charge in [-0.05, 0) is 24.6 Å². The molecule has 1 saturated heterocycles. The minimum Gasteiger partial charge on any atom is -0.374 e. The monoisotopic (exact) mass is 481 g/mol. The molecule has 32 heavy (non-hydrogen) atoms. The zero-order valence-corrected chi connectivity index (χ0v) is 17.8. The molecular weight excluding hydrogens is 460 g/mol. The number of aryl methyl sites for hydroxylation is 1. The van der Waals surface area contributed by atoms with Crippen molar-refractivity contribution in [3.8, 4) is 0 Å². The number of thiazole rings is 1. The van der Waals surface area contributed by atoms with Crippen molar-refractivity contribution in [3.63, 3.8) is 0 Å². The number of carbonyl (C=O) groups is 1. The molecule has 1 amide bonds. The second-order valence-electron chi connectivity index (χ2n) is 7.68. The Balaban J connectivity index is 1.59. The quantitative estimate of drug-likeness (QED) is 0.658. The first-order valence-electron chi connectivity index (χ1n) is 9.67. The Kier molecular flexibility index (Phi) is 6.87. The van der Waals surface area contributed by atoms with Gasteiger partial charge < -0.3 is 10.0 Å². The number of piperazine rings is 1. The molecule has 12 heteroatoms. The van der Waals surface area contributed by atoms with Crippen LogP contribution in [0, 0.1) is 6.92 Å². The van der Waals surface area contributed by atoms with Gasteiger partial charge in [-0.25, -0.2) is 4.98 Å². The van der Waals surface area contributed by atoms with Gasteiger partial charge in [0, 0.05) is 43.8 Å². The van der Waals surface area contributed by atoms with Crippen LogP contribution in [0.4, 0.5) is 26.3 Å². The topological polar surface area (TPSA) is 56.7 Å². The lowest BCUT2D eigenvalue weighted by atomic mass is 9.98. The summed E-state index contributed by atoms with van der Waals surface area (Å²) in [6.07, 6.45) is -10.7. The largest absolute Gasteiger partial charge is 0.424 e. The van der Waals surface area contributed by atoms with Crippen LogP contribution in [0.25, 0.3) is 0 Å². The molecule has 1 fully saturated rings. The van der Waals surface area contributed by atoms with Gasteiger partial charge in [0.15, 0.2) is 0 Å². The molecule has 176 valence electrons. The Bertz CT molecular complexity index is 936. The third-order valence-corrected chi connectivity index (χ3v) is 6.37. The van der Waals surface area contributed by atoms with E-state index in [1.165, 1.54) is 29.3 Å². The Morgan fingerprint density at radius 1 is 1.06 bits per heavy atom. The summed E-state index contributed by atoms with van der Waals surface area (Å²) in [4.78, 5) is 19.4. The number of aromatic nitrogens is 1. The van der Waals surface area contributed by atoms with E-state index in [9.17, 15) is 36.2 Å². The minimum absolute atomic E-state index is 0.143. The predicted molar refractivity (Wildman–Crippen MR) is 105 cm³/mol. The highest BCUT2D eigenvalue weighted by atomic mass is 32.1. The number of halogens is 6. The Labute approximate surface area is 184 Å². The summed E-state index contributed by atoms with van der Waals surface area (Å²) in [5.41, 5.74) is -3.13. The Hall–Kier alpha value is -2.18. The number of nitrogens with zero attached hydrogens (tertiary/aromatic N) is 3. The first kappa shape index (κ1) is 24.5. The fraction of sp³-hybridized carbons (Fsp3) is 0.500. The highest BCUT2D eigenvalue weighted by molar-refractivity contribution is 7.09. The number of benzene rings is 1. The van der Waals surface area contributed by atoms with Gasteiger partial charge in [0.2, 0.25) is 11.5 Å². The summed E-state index contributed by atoms with van der Waals surface area (Å²) in [7, 11) is 0. The summed E-state index contributed by atoms with van der Waals surface area (Å²) in [6.45, 7) is 2.81. The molecule has 1 atom stereocenters. The second kappa shape index (κ2) is 8.99. The molecule has 0 radical (unpaired) electrons. The standard InChI is InChI=1S/C20H21F6N3O2S/c1-13-12-32-17(27-13)18(31,20(24,25)26)10-16(30)29-8-6-28(7-9-29)11-14-2-4-15(5-3-14)19(21,22)23/h2-5,12,31H,6-11H2,1H3. The van der Waals surface area contributed by atoms with Crippen LogP contribution in [-0.4, -0.2) is 58.2 Å². The Morgan fingerprint density at radius 2 is 1.66 bits per heavy atom. The SMILES string of the molecule is Cc1csc(C(O)(CC(=O)N2CCN(Cc3ccc(C(F)(F)F)cc3)CC2)C(F)(F)F)n1. The van der Waals surface area contributed by atoms with Gasteiger partial charge in [-0.2, -0.15) is 26.3 Å². The maximum Gasteiger partial charge on any atom is 0.424 e. The zero-order valence-electron chi connectivity index (χ0n) is 17.0. The molecule has 1 aliphatic heterocycles. The van der Waals surface area contributed by atoms with Crippen LogP contribution in [0.1, 0.15) is 28.2 Å². The fourth-order valence-corrected chi connectivity index (χ4v) is 4.30. The van der Waals surface area contributed by atoms with Crippen LogP contribution in [0.15, 0.2) is 29.6 Å². The smallest absolute Gasteiger partial charge is 0.374 e. The lowest BCUT2D eigenvalue weighted by Gasteiger charge is -2.36. The summed E-state index contributed by atoms with van der Waals surface area (Å²) in [6, 6.07) is 4.74. The molecule has 1 aliphatic rings. The van der Waals surface area contributed by atoms with E-state index in [0.717, 1.165) is 12.1 Å². The van der Waals surface area contributed by atoms with E-state index in [2.05, 4.69) is 4.98 Å². The molecule has 2 aromatic rings. The van der Waals surface area contributed by atoms with Crippen molar-refractivity contribution in [2.24, 2.45) is 0 Å². The van der Waals surface area contributed by atoms with E-state index >= 15 is 0 Å². The molecule has 2 heterocycles. The van der Waals surface area contributed by atoms with E-state index < -0.39 is 40.9 Å². The van der Waals surface area contributed by atoms with Gasteiger partial charge >= 0.3 is 12.4 Å². The van der Waals surface area contributed by atoms with Crippen molar-refractivity contribution < 1.29 is 36.2 Å². The summed E-state index contributed by atoms with van der Waals surface area (Å²) >= 11 is 0.646. The number of rotatable bonds is 5. The van der Waals surface area contributed by atoms with Crippen molar-refractivity contribution >= 4 is 17.2 Å². The van der Waals surface area contributed by atoms with Crippen LogP contribution in [0.2, 0.25) is 0 Å². The van der Waals surface area contributed by atoms with E-state index in [-0.39, 0.29) is 13.1 Å². The van der Waals surface area contributed by atoms with Crippen molar-refractivity contribution in [1.82, 2.24) is 14.8 Å². The fourth-order valence-electron chi connectivity index (χ4n) is 3.38. The zero-order chi connectivity index (χ0) is 23.7. The number of aliphatic hydroxyl groups is 1. The molecule has 1 unspecified atom stereocenters. The normalized spacial score (nSPS) is 17.9. The van der Waals surface area contributed by atoms with Crippen molar-refractivity contribution in [1.29, 1.82) is 0 Å². The highest BCUT2D eigenvalue weighted by Crippen LogP contribution is 2.43. The third-order valence-electron chi connectivity index (χ3n) is 5.26. The lowest BCUT2D eigenvalue weighted by molar-refractivity contribution is -0.268. The highest BCUT2D eigenvalue weighted by Gasteiger charge is 2.58. The predicted octanol–water partition coefficient (Wildman–Crippen LogP) is 3.95. The van der Waals surface area contributed by atoms with E-state index in [1.54, 1.807) is 0 Å². The van der Waals surface area contributed by atoms with Gasteiger partial charge in [0.05, 0.1) is 12.0 Å². The van der Waals surface area contributed by atoms with E-state index in [0.29, 0.717) is 42.2 Å². The average Bonchev–Trinajstić information content (AvgIpc) is 3.14. The van der Waals surface area contributed by atoms with E-state index in [4.69, 9.17) is 0 Å². The van der Waals surface area contributed by atoms with Crippen molar-refractivity contribution in [3.05, 3.63) is 51.5 Å². The minimum atomic E-state index is -5.07. The average molecular weight is 481 g/mol. The first-order chi connectivity index (χ1) is 14.8. The number of amides is 1. The molecule has 0 bridgehead atoms. The van der Waals surface area contributed by atoms with Crippen LogP contribution >= 0.6 is 11.3 Å². The first-order valence-corrected chi connectivity index (χ1v) is 10.6. The number of carbonyl (C=O) groups excluding carboxylic acids is 1. The maximum atomic E-state index is 13.6.